The maximum absolute atomic E-state index is 12.3. The van der Waals surface area contributed by atoms with Gasteiger partial charge >= 0.3 is 0 Å². The van der Waals surface area contributed by atoms with Crippen LogP contribution in [0.1, 0.15) is 31.4 Å². The van der Waals surface area contributed by atoms with E-state index in [2.05, 4.69) is 52.1 Å². The summed E-state index contributed by atoms with van der Waals surface area (Å²) in [6.07, 6.45) is 3.36. The van der Waals surface area contributed by atoms with Crippen molar-refractivity contribution in [2.75, 3.05) is 24.5 Å². The molecular formula is C23H26BrN3O. The van der Waals surface area contributed by atoms with E-state index in [1.165, 1.54) is 5.56 Å². The van der Waals surface area contributed by atoms with Gasteiger partial charge in [0.15, 0.2) is 0 Å². The third-order valence-electron chi connectivity index (χ3n) is 4.52. The van der Waals surface area contributed by atoms with Gasteiger partial charge in [0.1, 0.15) is 11.6 Å². The number of amides is 1. The first kappa shape index (κ1) is 21.7. The maximum Gasteiger partial charge on any atom is 0.261 e. The Morgan fingerprint density at radius 3 is 2.50 bits per heavy atom. The molecule has 0 unspecified atom stereocenters. The van der Waals surface area contributed by atoms with Crippen LogP contribution in [-0.4, -0.2) is 25.5 Å². The first-order valence-electron chi connectivity index (χ1n) is 9.57. The summed E-state index contributed by atoms with van der Waals surface area (Å²) in [5, 5.41) is 12.2. The molecule has 0 atom stereocenters. The topological polar surface area (TPSA) is 56.1 Å². The Balaban J connectivity index is 1.97. The number of aryl methyl sites for hydroxylation is 1. The molecule has 4 nitrogen and oxygen atoms in total. The molecule has 2 aromatic rings. The van der Waals surface area contributed by atoms with Crippen molar-refractivity contribution in [3.63, 3.8) is 0 Å². The lowest BCUT2D eigenvalue weighted by Gasteiger charge is -2.22. The minimum Gasteiger partial charge on any atom is -0.371 e. The van der Waals surface area contributed by atoms with Crippen molar-refractivity contribution in [3.05, 3.63) is 69.7 Å². The van der Waals surface area contributed by atoms with Gasteiger partial charge in [0.25, 0.3) is 5.91 Å². The lowest BCUT2D eigenvalue weighted by atomic mass is 10.1. The third-order valence-corrected chi connectivity index (χ3v) is 5.16. The Bertz CT molecular complexity index is 852. The average molecular weight is 440 g/mol. The third kappa shape index (κ3) is 6.24. The largest absolute Gasteiger partial charge is 0.371 e. The number of hydrogen-bond donors (Lipinski definition) is 1. The molecule has 0 spiro atoms. The number of rotatable bonds is 9. The van der Waals surface area contributed by atoms with Crippen LogP contribution in [0.4, 0.5) is 5.69 Å². The first-order chi connectivity index (χ1) is 13.6. The van der Waals surface area contributed by atoms with Gasteiger partial charge in [-0.3, -0.25) is 4.79 Å². The van der Waals surface area contributed by atoms with E-state index in [9.17, 15) is 10.1 Å². The van der Waals surface area contributed by atoms with Crippen molar-refractivity contribution < 1.29 is 4.79 Å². The standard InChI is InChI=1S/C23H26BrN3O/c1-3-27(4-2)22-13-12-19(16-21(22)24)15-20(17-25)23(28)26-14-8-11-18-9-6-5-7-10-18/h5-7,9-10,12-13,15-16H,3-4,8,11,14H2,1-2H3,(H,26,28)/b20-15-. The Morgan fingerprint density at radius 1 is 1.18 bits per heavy atom. The van der Waals surface area contributed by atoms with E-state index < -0.39 is 0 Å². The molecule has 0 saturated heterocycles. The summed E-state index contributed by atoms with van der Waals surface area (Å²) in [6, 6.07) is 18.0. The maximum atomic E-state index is 12.3. The second-order valence-corrected chi connectivity index (χ2v) is 7.25. The van der Waals surface area contributed by atoms with Crippen LogP contribution < -0.4 is 10.2 Å². The fourth-order valence-corrected chi connectivity index (χ4v) is 3.63. The zero-order valence-corrected chi connectivity index (χ0v) is 18.0. The van der Waals surface area contributed by atoms with Crippen molar-refractivity contribution in [1.29, 1.82) is 5.26 Å². The zero-order chi connectivity index (χ0) is 20.4. The molecule has 0 aliphatic rings. The monoisotopic (exact) mass is 439 g/mol. The highest BCUT2D eigenvalue weighted by Crippen LogP contribution is 2.28. The smallest absolute Gasteiger partial charge is 0.261 e. The van der Waals surface area contributed by atoms with Crippen LogP contribution in [0.3, 0.4) is 0 Å². The number of nitrogens with zero attached hydrogens (tertiary/aromatic N) is 2. The highest BCUT2D eigenvalue weighted by Gasteiger charge is 2.10. The van der Waals surface area contributed by atoms with E-state index in [0.717, 1.165) is 41.7 Å². The van der Waals surface area contributed by atoms with Crippen LogP contribution in [0, 0.1) is 11.3 Å². The highest BCUT2D eigenvalue weighted by molar-refractivity contribution is 9.10. The van der Waals surface area contributed by atoms with Crippen molar-refractivity contribution in [1.82, 2.24) is 5.32 Å². The van der Waals surface area contributed by atoms with Crippen LogP contribution in [-0.2, 0) is 11.2 Å². The molecule has 0 aliphatic carbocycles. The normalized spacial score (nSPS) is 11.0. The van der Waals surface area contributed by atoms with Crippen molar-refractivity contribution in [2.45, 2.75) is 26.7 Å². The second-order valence-electron chi connectivity index (χ2n) is 6.40. The molecule has 0 heterocycles. The number of halogens is 1. The summed E-state index contributed by atoms with van der Waals surface area (Å²) < 4.78 is 0.950. The molecule has 1 amide bonds. The van der Waals surface area contributed by atoms with E-state index in [1.54, 1.807) is 6.08 Å². The molecule has 0 aliphatic heterocycles. The van der Waals surface area contributed by atoms with Gasteiger partial charge in [-0.1, -0.05) is 36.4 Å². The van der Waals surface area contributed by atoms with Crippen molar-refractivity contribution >= 4 is 33.6 Å². The Kier molecular flexibility index (Phi) is 8.77. The van der Waals surface area contributed by atoms with E-state index in [1.807, 2.05) is 42.5 Å². The molecular weight excluding hydrogens is 414 g/mol. The molecule has 2 aromatic carbocycles. The van der Waals surface area contributed by atoms with Gasteiger partial charge in [-0.2, -0.15) is 5.26 Å². The molecule has 0 radical (unpaired) electrons. The van der Waals surface area contributed by atoms with Crippen LogP contribution in [0.2, 0.25) is 0 Å². The Morgan fingerprint density at radius 2 is 1.89 bits per heavy atom. The Labute approximate surface area is 176 Å². The fraction of sp³-hybridized carbons (Fsp3) is 0.304. The van der Waals surface area contributed by atoms with Gasteiger partial charge in [0.05, 0.1) is 5.69 Å². The van der Waals surface area contributed by atoms with Crippen molar-refractivity contribution in [2.24, 2.45) is 0 Å². The van der Waals surface area contributed by atoms with Crippen molar-refractivity contribution in [3.8, 4) is 6.07 Å². The van der Waals surface area contributed by atoms with Gasteiger partial charge in [0, 0.05) is 24.1 Å². The number of hydrogen-bond acceptors (Lipinski definition) is 3. The van der Waals surface area contributed by atoms with E-state index in [4.69, 9.17) is 0 Å². The van der Waals surface area contributed by atoms with Gasteiger partial charge in [-0.25, -0.2) is 0 Å². The number of anilines is 1. The number of carbonyl (C=O) groups excluding carboxylic acids is 1. The van der Waals surface area contributed by atoms with Gasteiger partial charge < -0.3 is 10.2 Å². The van der Waals surface area contributed by atoms with Gasteiger partial charge in [-0.15, -0.1) is 0 Å². The van der Waals surface area contributed by atoms with E-state index in [-0.39, 0.29) is 11.5 Å². The molecule has 28 heavy (non-hydrogen) atoms. The molecule has 146 valence electrons. The number of carbonyl (C=O) groups is 1. The minimum atomic E-state index is -0.334. The molecule has 2 rings (SSSR count). The predicted molar refractivity (Wildman–Crippen MR) is 119 cm³/mol. The van der Waals surface area contributed by atoms with Crippen LogP contribution >= 0.6 is 15.9 Å². The van der Waals surface area contributed by atoms with Gasteiger partial charge in [0.2, 0.25) is 0 Å². The number of nitriles is 1. The summed E-state index contributed by atoms with van der Waals surface area (Å²) in [5.41, 5.74) is 3.28. The SMILES string of the molecule is CCN(CC)c1ccc(/C=C(/C#N)C(=O)NCCCc2ccccc2)cc1Br. The summed E-state index contributed by atoms with van der Waals surface area (Å²) in [5.74, 6) is -0.334. The summed E-state index contributed by atoms with van der Waals surface area (Å²) >= 11 is 3.60. The van der Waals surface area contributed by atoms with E-state index >= 15 is 0 Å². The molecule has 0 fully saturated rings. The lowest BCUT2D eigenvalue weighted by Crippen LogP contribution is -2.25. The van der Waals surface area contributed by atoms with Crippen LogP contribution in [0.5, 0.6) is 0 Å². The molecule has 0 saturated carbocycles. The second kappa shape index (κ2) is 11.3. The van der Waals surface area contributed by atoms with Gasteiger partial charge in [-0.05, 0) is 72.0 Å². The summed E-state index contributed by atoms with van der Waals surface area (Å²) in [6.45, 7) is 6.59. The average Bonchev–Trinajstić information content (AvgIpc) is 2.72. The number of nitrogens with one attached hydrogen (secondary N) is 1. The lowest BCUT2D eigenvalue weighted by molar-refractivity contribution is -0.117. The zero-order valence-electron chi connectivity index (χ0n) is 16.4. The molecule has 0 aromatic heterocycles. The predicted octanol–water partition coefficient (Wildman–Crippen LogP) is 4.95. The highest BCUT2D eigenvalue weighted by atomic mass is 79.9. The quantitative estimate of drug-likeness (QED) is 0.341. The van der Waals surface area contributed by atoms with Crippen LogP contribution in [0.15, 0.2) is 58.6 Å². The molecule has 5 heteroatoms. The Hall–Kier alpha value is -2.58. The fourth-order valence-electron chi connectivity index (χ4n) is 2.98. The summed E-state index contributed by atoms with van der Waals surface area (Å²) in [7, 11) is 0. The summed E-state index contributed by atoms with van der Waals surface area (Å²) in [4.78, 5) is 14.6. The van der Waals surface area contributed by atoms with E-state index in [0.29, 0.717) is 6.54 Å². The minimum absolute atomic E-state index is 0.113. The molecule has 1 N–H and O–H groups in total. The number of benzene rings is 2. The van der Waals surface area contributed by atoms with Crippen LogP contribution in [0.25, 0.3) is 6.08 Å². The first-order valence-corrected chi connectivity index (χ1v) is 10.4. The molecule has 0 bridgehead atoms.